The van der Waals surface area contributed by atoms with Crippen molar-refractivity contribution >= 4 is 11.6 Å². The van der Waals surface area contributed by atoms with Crippen molar-refractivity contribution in [3.8, 4) is 0 Å². The minimum absolute atomic E-state index is 0.154. The van der Waals surface area contributed by atoms with Crippen molar-refractivity contribution in [2.24, 2.45) is 5.11 Å². The lowest BCUT2D eigenvalue weighted by Gasteiger charge is -1.93. The molecule has 0 atom stereocenters. The molecular weight excluding hydrogens is 170 g/mol. The topological polar surface area (TPSA) is 91.8 Å². The van der Waals surface area contributed by atoms with Crippen molar-refractivity contribution in [3.63, 3.8) is 0 Å². The summed E-state index contributed by atoms with van der Waals surface area (Å²) < 4.78 is 1.40. The van der Waals surface area contributed by atoms with E-state index in [1.165, 1.54) is 4.52 Å². The Bertz CT molecular complexity index is 493. The van der Waals surface area contributed by atoms with Gasteiger partial charge in [-0.2, -0.15) is 9.61 Å². The summed E-state index contributed by atoms with van der Waals surface area (Å²) in [6, 6.07) is 3.57. The highest BCUT2D eigenvalue weighted by atomic mass is 15.4. The average Bonchev–Trinajstić information content (AvgIpc) is 2.49. The molecule has 13 heavy (non-hydrogen) atoms. The third-order valence-electron chi connectivity index (χ3n) is 1.51. The zero-order valence-corrected chi connectivity index (χ0v) is 6.79. The normalized spacial score (nSPS) is 9.92. The molecule has 7 nitrogen and oxygen atoms in total. The summed E-state index contributed by atoms with van der Waals surface area (Å²) in [7, 11) is 0. The van der Waals surface area contributed by atoms with Crippen LogP contribution in [0.1, 0.15) is 5.69 Å². The van der Waals surface area contributed by atoms with Crippen LogP contribution in [0.5, 0.6) is 0 Å². The van der Waals surface area contributed by atoms with Crippen LogP contribution < -0.4 is 0 Å². The number of aryl methyl sites for hydroxylation is 1. The minimum Gasteiger partial charge on any atom is -0.191 e. The van der Waals surface area contributed by atoms with Gasteiger partial charge in [-0.25, -0.2) is 0 Å². The van der Waals surface area contributed by atoms with E-state index in [9.17, 15) is 0 Å². The molecule has 7 heteroatoms. The standard InChI is InChI=1S/C6H5N7/c1-4-2-3-5-8-9-6(10-12-7)13(5)11-4/h2-3H,1H3. The van der Waals surface area contributed by atoms with E-state index in [1.807, 2.05) is 13.0 Å². The van der Waals surface area contributed by atoms with Gasteiger partial charge < -0.3 is 0 Å². The predicted octanol–water partition coefficient (Wildman–Crippen LogP) is 1.37. The molecular formula is C6H5N7. The van der Waals surface area contributed by atoms with Crippen molar-refractivity contribution in [3.05, 3.63) is 28.3 Å². The molecule has 0 spiro atoms. The third-order valence-corrected chi connectivity index (χ3v) is 1.51. The van der Waals surface area contributed by atoms with Crippen molar-refractivity contribution in [1.29, 1.82) is 0 Å². The first-order valence-electron chi connectivity index (χ1n) is 3.55. The second-order valence-electron chi connectivity index (χ2n) is 2.43. The van der Waals surface area contributed by atoms with E-state index in [0.29, 0.717) is 5.65 Å². The summed E-state index contributed by atoms with van der Waals surface area (Å²) in [5.74, 6) is 0.154. The van der Waals surface area contributed by atoms with E-state index < -0.39 is 0 Å². The SMILES string of the molecule is Cc1ccc2nnc(N=[N+]=[N-])n2n1. The van der Waals surface area contributed by atoms with Crippen LogP contribution in [0.4, 0.5) is 5.95 Å². The molecule has 0 aliphatic heterocycles. The van der Waals surface area contributed by atoms with Gasteiger partial charge in [0.15, 0.2) is 5.65 Å². The van der Waals surface area contributed by atoms with Gasteiger partial charge in [0.2, 0.25) is 5.95 Å². The van der Waals surface area contributed by atoms with E-state index in [4.69, 9.17) is 5.53 Å². The van der Waals surface area contributed by atoms with Crippen molar-refractivity contribution in [2.45, 2.75) is 6.92 Å². The maximum Gasteiger partial charge on any atom is 0.241 e. The molecule has 0 aromatic carbocycles. The fourth-order valence-corrected chi connectivity index (χ4v) is 0.972. The smallest absolute Gasteiger partial charge is 0.191 e. The maximum absolute atomic E-state index is 8.22. The molecule has 0 unspecified atom stereocenters. The number of nitrogens with zero attached hydrogens (tertiary/aromatic N) is 7. The van der Waals surface area contributed by atoms with Gasteiger partial charge in [-0.3, -0.25) is 0 Å². The molecule has 0 saturated carbocycles. The van der Waals surface area contributed by atoms with Gasteiger partial charge in [0.25, 0.3) is 0 Å². The van der Waals surface area contributed by atoms with Crippen LogP contribution in [0.15, 0.2) is 17.2 Å². The summed E-state index contributed by atoms with van der Waals surface area (Å²) in [6.45, 7) is 1.83. The van der Waals surface area contributed by atoms with E-state index in [0.717, 1.165) is 5.69 Å². The third kappa shape index (κ3) is 1.17. The Hall–Kier alpha value is -2.14. The summed E-state index contributed by atoms with van der Waals surface area (Å²) >= 11 is 0. The van der Waals surface area contributed by atoms with Gasteiger partial charge in [-0.1, -0.05) is 0 Å². The maximum atomic E-state index is 8.22. The van der Waals surface area contributed by atoms with Crippen LogP contribution >= 0.6 is 0 Å². The number of rotatable bonds is 1. The highest BCUT2D eigenvalue weighted by molar-refractivity contribution is 5.40. The molecule has 0 N–H and O–H groups in total. The molecule has 2 heterocycles. The van der Waals surface area contributed by atoms with Crippen molar-refractivity contribution in [2.75, 3.05) is 0 Å². The Morgan fingerprint density at radius 3 is 3.08 bits per heavy atom. The van der Waals surface area contributed by atoms with Gasteiger partial charge in [0, 0.05) is 4.91 Å². The quantitative estimate of drug-likeness (QED) is 0.372. The van der Waals surface area contributed by atoms with Crippen LogP contribution in [0.3, 0.4) is 0 Å². The van der Waals surface area contributed by atoms with E-state index >= 15 is 0 Å². The fraction of sp³-hybridized carbons (Fsp3) is 0.167. The van der Waals surface area contributed by atoms with Crippen LogP contribution in [0.2, 0.25) is 0 Å². The zero-order chi connectivity index (χ0) is 9.26. The first-order valence-corrected chi connectivity index (χ1v) is 3.55. The molecule has 0 amide bonds. The fourth-order valence-electron chi connectivity index (χ4n) is 0.972. The second kappa shape index (κ2) is 2.72. The van der Waals surface area contributed by atoms with E-state index in [2.05, 4.69) is 25.3 Å². The van der Waals surface area contributed by atoms with Gasteiger partial charge >= 0.3 is 0 Å². The predicted molar refractivity (Wildman–Crippen MR) is 44.3 cm³/mol. The summed E-state index contributed by atoms with van der Waals surface area (Å²) in [5, 5.41) is 14.8. The lowest BCUT2D eigenvalue weighted by Crippen LogP contribution is -1.92. The van der Waals surface area contributed by atoms with Gasteiger partial charge in [0.1, 0.15) is 0 Å². The molecule has 0 fully saturated rings. The average molecular weight is 175 g/mol. The molecule has 2 aromatic heterocycles. The highest BCUT2D eigenvalue weighted by Crippen LogP contribution is 2.09. The van der Waals surface area contributed by atoms with Crippen molar-refractivity contribution < 1.29 is 0 Å². The molecule has 0 bridgehead atoms. The van der Waals surface area contributed by atoms with Crippen LogP contribution in [-0.2, 0) is 0 Å². The largest absolute Gasteiger partial charge is 0.241 e. The molecule has 2 rings (SSSR count). The molecule has 64 valence electrons. The molecule has 2 aromatic rings. The van der Waals surface area contributed by atoms with Crippen LogP contribution in [0, 0.1) is 6.92 Å². The summed E-state index contributed by atoms with van der Waals surface area (Å²) in [4.78, 5) is 2.62. The zero-order valence-electron chi connectivity index (χ0n) is 6.79. The van der Waals surface area contributed by atoms with E-state index in [-0.39, 0.29) is 5.95 Å². The lowest BCUT2D eigenvalue weighted by atomic mass is 10.4. The van der Waals surface area contributed by atoms with Gasteiger partial charge in [-0.05, 0) is 29.7 Å². The molecule has 0 aliphatic rings. The number of hydrogen-bond donors (Lipinski definition) is 0. The molecule has 0 saturated heterocycles. The summed E-state index contributed by atoms with van der Waals surface area (Å²) in [6.07, 6.45) is 0. The Morgan fingerprint density at radius 1 is 1.46 bits per heavy atom. The van der Waals surface area contributed by atoms with Crippen molar-refractivity contribution in [1.82, 2.24) is 19.8 Å². The number of fused-ring (bicyclic) bond motifs is 1. The number of hydrogen-bond acceptors (Lipinski definition) is 4. The first-order chi connectivity index (χ1) is 6.31. The Morgan fingerprint density at radius 2 is 2.31 bits per heavy atom. The summed E-state index contributed by atoms with van der Waals surface area (Å²) in [5.41, 5.74) is 9.59. The Kier molecular flexibility index (Phi) is 1.57. The highest BCUT2D eigenvalue weighted by Gasteiger charge is 2.02. The van der Waals surface area contributed by atoms with Gasteiger partial charge in [-0.15, -0.1) is 10.2 Å². The number of aromatic nitrogens is 4. The Labute approximate surface area is 72.6 Å². The first kappa shape index (κ1) is 7.51. The van der Waals surface area contributed by atoms with Crippen LogP contribution in [0.25, 0.3) is 16.1 Å². The molecule has 0 radical (unpaired) electrons. The Balaban J connectivity index is 2.78. The lowest BCUT2D eigenvalue weighted by molar-refractivity contribution is 0.890. The second-order valence-corrected chi connectivity index (χ2v) is 2.43. The van der Waals surface area contributed by atoms with Crippen LogP contribution in [-0.4, -0.2) is 19.8 Å². The van der Waals surface area contributed by atoms with Gasteiger partial charge in [0.05, 0.1) is 5.69 Å². The number of azide groups is 1. The van der Waals surface area contributed by atoms with E-state index in [1.54, 1.807) is 6.07 Å². The molecule has 0 aliphatic carbocycles. The minimum atomic E-state index is 0.154. The monoisotopic (exact) mass is 175 g/mol.